The standard InChI is InChI=1S/C8H16O2/c1-6-2-7(4-9)8(3-6)5-10/h6-10H,2-5H2,1H3. The molecule has 0 spiro atoms. The van der Waals surface area contributed by atoms with E-state index in [0.717, 1.165) is 12.8 Å². The van der Waals surface area contributed by atoms with Crippen LogP contribution in [0.25, 0.3) is 0 Å². The van der Waals surface area contributed by atoms with Gasteiger partial charge in [-0.05, 0) is 30.6 Å². The fourth-order valence-corrected chi connectivity index (χ4v) is 1.96. The van der Waals surface area contributed by atoms with Crippen molar-refractivity contribution >= 4 is 0 Å². The zero-order valence-electron chi connectivity index (χ0n) is 6.45. The van der Waals surface area contributed by atoms with E-state index in [1.807, 2.05) is 0 Å². The molecule has 10 heavy (non-hydrogen) atoms. The Morgan fingerprint density at radius 1 is 1.10 bits per heavy atom. The molecule has 0 amide bonds. The largest absolute Gasteiger partial charge is 0.396 e. The predicted octanol–water partition coefficient (Wildman–Crippen LogP) is 0.633. The van der Waals surface area contributed by atoms with Crippen molar-refractivity contribution in [2.45, 2.75) is 19.8 Å². The van der Waals surface area contributed by atoms with Crippen molar-refractivity contribution in [3.8, 4) is 0 Å². The van der Waals surface area contributed by atoms with Crippen LogP contribution in [0.1, 0.15) is 19.8 Å². The van der Waals surface area contributed by atoms with Gasteiger partial charge in [0.2, 0.25) is 0 Å². The summed E-state index contributed by atoms with van der Waals surface area (Å²) in [6, 6.07) is 0. The van der Waals surface area contributed by atoms with Crippen molar-refractivity contribution < 1.29 is 10.2 Å². The minimum atomic E-state index is 0.246. The van der Waals surface area contributed by atoms with Gasteiger partial charge >= 0.3 is 0 Å². The molecule has 0 radical (unpaired) electrons. The Balaban J connectivity index is 2.41. The van der Waals surface area contributed by atoms with Crippen LogP contribution >= 0.6 is 0 Å². The summed E-state index contributed by atoms with van der Waals surface area (Å²) in [4.78, 5) is 0. The highest BCUT2D eigenvalue weighted by atomic mass is 16.3. The molecule has 0 aromatic carbocycles. The molecule has 1 saturated carbocycles. The van der Waals surface area contributed by atoms with E-state index in [4.69, 9.17) is 10.2 Å². The van der Waals surface area contributed by atoms with E-state index in [1.54, 1.807) is 0 Å². The molecule has 0 bridgehead atoms. The maximum atomic E-state index is 8.87. The Kier molecular flexibility index (Phi) is 2.69. The van der Waals surface area contributed by atoms with Gasteiger partial charge in [-0.1, -0.05) is 6.92 Å². The van der Waals surface area contributed by atoms with Crippen LogP contribution in [-0.4, -0.2) is 23.4 Å². The Bertz CT molecular complexity index is 91.4. The van der Waals surface area contributed by atoms with Gasteiger partial charge in [-0.25, -0.2) is 0 Å². The third-order valence-corrected chi connectivity index (χ3v) is 2.55. The molecule has 0 aliphatic heterocycles. The second kappa shape index (κ2) is 3.35. The molecule has 1 aliphatic carbocycles. The van der Waals surface area contributed by atoms with Gasteiger partial charge in [0.15, 0.2) is 0 Å². The van der Waals surface area contributed by atoms with Gasteiger partial charge < -0.3 is 10.2 Å². The van der Waals surface area contributed by atoms with Crippen molar-refractivity contribution in [1.82, 2.24) is 0 Å². The fraction of sp³-hybridized carbons (Fsp3) is 1.00. The van der Waals surface area contributed by atoms with Crippen molar-refractivity contribution in [2.24, 2.45) is 17.8 Å². The first kappa shape index (κ1) is 8.02. The molecule has 2 nitrogen and oxygen atoms in total. The van der Waals surface area contributed by atoms with Gasteiger partial charge in [0.1, 0.15) is 0 Å². The smallest absolute Gasteiger partial charge is 0.0462 e. The highest BCUT2D eigenvalue weighted by Gasteiger charge is 2.30. The topological polar surface area (TPSA) is 40.5 Å². The normalized spacial score (nSPS) is 40.5. The van der Waals surface area contributed by atoms with E-state index in [2.05, 4.69) is 6.92 Å². The average Bonchev–Trinajstić information content (AvgIpc) is 2.30. The number of rotatable bonds is 2. The summed E-state index contributed by atoms with van der Waals surface area (Å²) in [7, 11) is 0. The van der Waals surface area contributed by atoms with Crippen LogP contribution in [0.4, 0.5) is 0 Å². The molecule has 60 valence electrons. The first-order chi connectivity index (χ1) is 4.77. The lowest BCUT2D eigenvalue weighted by molar-refractivity contribution is 0.141. The third kappa shape index (κ3) is 1.50. The molecule has 0 aromatic heterocycles. The summed E-state index contributed by atoms with van der Waals surface area (Å²) in [5.74, 6) is 1.41. The molecular weight excluding hydrogens is 128 g/mol. The Morgan fingerprint density at radius 2 is 1.50 bits per heavy atom. The van der Waals surface area contributed by atoms with Gasteiger partial charge in [-0.2, -0.15) is 0 Å². The van der Waals surface area contributed by atoms with Crippen LogP contribution in [-0.2, 0) is 0 Å². The minimum absolute atomic E-state index is 0.246. The van der Waals surface area contributed by atoms with Gasteiger partial charge in [-0.15, -0.1) is 0 Å². The van der Waals surface area contributed by atoms with Crippen LogP contribution in [0.3, 0.4) is 0 Å². The SMILES string of the molecule is CC1CC(CO)C(CO)C1. The lowest BCUT2D eigenvalue weighted by Crippen LogP contribution is -2.15. The number of aliphatic hydroxyl groups is 2. The first-order valence-electron chi connectivity index (χ1n) is 3.99. The van der Waals surface area contributed by atoms with Crippen LogP contribution in [0.15, 0.2) is 0 Å². The van der Waals surface area contributed by atoms with Gasteiger partial charge in [0.05, 0.1) is 0 Å². The molecule has 0 saturated heterocycles. The monoisotopic (exact) mass is 144 g/mol. The van der Waals surface area contributed by atoms with Crippen molar-refractivity contribution in [3.63, 3.8) is 0 Å². The van der Waals surface area contributed by atoms with Gasteiger partial charge in [0.25, 0.3) is 0 Å². The minimum Gasteiger partial charge on any atom is -0.396 e. The Labute approximate surface area is 61.9 Å². The van der Waals surface area contributed by atoms with E-state index < -0.39 is 0 Å². The fourth-order valence-electron chi connectivity index (χ4n) is 1.96. The summed E-state index contributed by atoms with van der Waals surface area (Å²) >= 11 is 0. The highest BCUT2D eigenvalue weighted by Crippen LogP contribution is 2.35. The molecule has 2 heteroatoms. The summed E-state index contributed by atoms with van der Waals surface area (Å²) < 4.78 is 0. The van der Waals surface area contributed by atoms with Crippen molar-refractivity contribution in [2.75, 3.05) is 13.2 Å². The Hall–Kier alpha value is -0.0800. The highest BCUT2D eigenvalue weighted by molar-refractivity contribution is 4.80. The summed E-state index contributed by atoms with van der Waals surface area (Å²) in [5.41, 5.74) is 0. The molecular formula is C8H16O2. The van der Waals surface area contributed by atoms with Crippen LogP contribution < -0.4 is 0 Å². The molecule has 1 fully saturated rings. The lowest BCUT2D eigenvalue weighted by atomic mass is 9.98. The van der Waals surface area contributed by atoms with Crippen LogP contribution in [0.2, 0.25) is 0 Å². The second-order valence-corrected chi connectivity index (χ2v) is 3.46. The van der Waals surface area contributed by atoms with Gasteiger partial charge in [0, 0.05) is 13.2 Å². The molecule has 2 unspecified atom stereocenters. The van der Waals surface area contributed by atoms with Crippen molar-refractivity contribution in [3.05, 3.63) is 0 Å². The van der Waals surface area contributed by atoms with E-state index in [9.17, 15) is 0 Å². The molecule has 2 N–H and O–H groups in total. The molecule has 2 atom stereocenters. The van der Waals surface area contributed by atoms with Crippen LogP contribution in [0, 0.1) is 17.8 Å². The maximum Gasteiger partial charge on any atom is 0.0462 e. The van der Waals surface area contributed by atoms with E-state index in [-0.39, 0.29) is 13.2 Å². The van der Waals surface area contributed by atoms with E-state index in [0.29, 0.717) is 17.8 Å². The van der Waals surface area contributed by atoms with Crippen molar-refractivity contribution in [1.29, 1.82) is 0 Å². The number of hydrogen-bond donors (Lipinski definition) is 2. The maximum absolute atomic E-state index is 8.87. The second-order valence-electron chi connectivity index (χ2n) is 3.46. The predicted molar refractivity (Wildman–Crippen MR) is 39.5 cm³/mol. The molecule has 0 heterocycles. The summed E-state index contributed by atoms with van der Waals surface area (Å²) in [5, 5.41) is 17.7. The van der Waals surface area contributed by atoms with Gasteiger partial charge in [-0.3, -0.25) is 0 Å². The van der Waals surface area contributed by atoms with E-state index in [1.165, 1.54) is 0 Å². The quantitative estimate of drug-likeness (QED) is 0.597. The lowest BCUT2D eigenvalue weighted by Gasteiger charge is -2.12. The number of hydrogen-bond acceptors (Lipinski definition) is 2. The number of aliphatic hydroxyl groups excluding tert-OH is 2. The molecule has 0 aromatic rings. The average molecular weight is 144 g/mol. The Morgan fingerprint density at radius 3 is 1.80 bits per heavy atom. The zero-order chi connectivity index (χ0) is 7.56. The van der Waals surface area contributed by atoms with E-state index >= 15 is 0 Å². The summed E-state index contributed by atoms with van der Waals surface area (Å²) in [6.45, 7) is 2.67. The zero-order valence-corrected chi connectivity index (χ0v) is 6.45. The molecule has 1 rings (SSSR count). The van der Waals surface area contributed by atoms with Crippen LogP contribution in [0.5, 0.6) is 0 Å². The third-order valence-electron chi connectivity index (χ3n) is 2.55. The first-order valence-corrected chi connectivity index (χ1v) is 3.99. The summed E-state index contributed by atoms with van der Waals surface area (Å²) in [6.07, 6.45) is 2.17. The molecule has 1 aliphatic rings.